The van der Waals surface area contributed by atoms with Gasteiger partial charge >= 0.3 is 17.9 Å². The summed E-state index contributed by atoms with van der Waals surface area (Å²) in [6, 6.07) is 0. The van der Waals surface area contributed by atoms with Gasteiger partial charge in [0.2, 0.25) is 0 Å². The standard InChI is InChI=1S/C24H40O7/c1-4-5-6-7-8-9-10-11-12-13-14-15-16-17-20(25)31-23-22(29-3)19(30-24(23)27)18-21(26)28-2/h19H,4-18H2,1-3H3. The van der Waals surface area contributed by atoms with Crippen LogP contribution in [0.4, 0.5) is 0 Å². The lowest BCUT2D eigenvalue weighted by molar-refractivity contribution is -0.153. The molecule has 0 aromatic rings. The minimum atomic E-state index is -0.927. The van der Waals surface area contributed by atoms with Gasteiger partial charge in [0.25, 0.3) is 5.76 Å². The highest BCUT2D eigenvalue weighted by molar-refractivity contribution is 5.93. The monoisotopic (exact) mass is 440 g/mol. The average Bonchev–Trinajstić information content (AvgIpc) is 3.04. The van der Waals surface area contributed by atoms with Crippen LogP contribution in [0.25, 0.3) is 0 Å². The highest BCUT2D eigenvalue weighted by Crippen LogP contribution is 2.27. The van der Waals surface area contributed by atoms with E-state index in [2.05, 4.69) is 11.7 Å². The normalized spacial score (nSPS) is 15.7. The Morgan fingerprint density at radius 2 is 1.32 bits per heavy atom. The van der Waals surface area contributed by atoms with E-state index < -0.39 is 24.0 Å². The second-order valence-electron chi connectivity index (χ2n) is 8.04. The molecule has 1 aliphatic heterocycles. The number of carbonyl (C=O) groups is 3. The van der Waals surface area contributed by atoms with E-state index in [1.54, 1.807) is 0 Å². The zero-order valence-corrected chi connectivity index (χ0v) is 19.5. The van der Waals surface area contributed by atoms with Crippen molar-refractivity contribution >= 4 is 17.9 Å². The summed E-state index contributed by atoms with van der Waals surface area (Å²) in [6.45, 7) is 2.24. The number of methoxy groups -OCH3 is 2. The molecule has 0 aliphatic carbocycles. The maximum atomic E-state index is 12.1. The summed E-state index contributed by atoms with van der Waals surface area (Å²) >= 11 is 0. The van der Waals surface area contributed by atoms with Crippen LogP contribution in [-0.4, -0.2) is 38.2 Å². The summed E-state index contributed by atoms with van der Waals surface area (Å²) in [6.07, 6.45) is 15.0. The number of hydrogen-bond acceptors (Lipinski definition) is 7. The molecule has 0 amide bonds. The summed E-state index contributed by atoms with van der Waals surface area (Å²) < 4.78 is 19.9. The fourth-order valence-corrected chi connectivity index (χ4v) is 3.62. The smallest absolute Gasteiger partial charge is 0.378 e. The molecular formula is C24H40O7. The lowest BCUT2D eigenvalue weighted by atomic mass is 10.0. The molecule has 1 atom stereocenters. The van der Waals surface area contributed by atoms with Crippen LogP contribution < -0.4 is 0 Å². The van der Waals surface area contributed by atoms with Crippen LogP contribution in [0.1, 0.15) is 103 Å². The first-order chi connectivity index (χ1) is 15.0. The van der Waals surface area contributed by atoms with Crippen molar-refractivity contribution in [3.8, 4) is 0 Å². The molecule has 7 heteroatoms. The molecule has 1 rings (SSSR count). The third kappa shape index (κ3) is 11.2. The van der Waals surface area contributed by atoms with E-state index in [4.69, 9.17) is 14.2 Å². The van der Waals surface area contributed by atoms with Gasteiger partial charge in [-0.1, -0.05) is 84.0 Å². The molecule has 31 heavy (non-hydrogen) atoms. The van der Waals surface area contributed by atoms with Crippen molar-refractivity contribution in [1.82, 2.24) is 0 Å². The first kappa shape index (κ1) is 27.0. The van der Waals surface area contributed by atoms with Crippen molar-refractivity contribution in [3.63, 3.8) is 0 Å². The van der Waals surface area contributed by atoms with Gasteiger partial charge < -0.3 is 18.9 Å². The summed E-state index contributed by atoms with van der Waals surface area (Å²) in [5.74, 6) is -2.06. The van der Waals surface area contributed by atoms with Crippen molar-refractivity contribution in [2.24, 2.45) is 0 Å². The minimum absolute atomic E-state index is 0.0501. The van der Waals surface area contributed by atoms with E-state index in [0.717, 1.165) is 12.8 Å². The zero-order chi connectivity index (χ0) is 22.9. The van der Waals surface area contributed by atoms with Gasteiger partial charge in [0.15, 0.2) is 11.9 Å². The van der Waals surface area contributed by atoms with Crippen LogP contribution in [0.15, 0.2) is 11.5 Å². The molecule has 0 bridgehead atoms. The van der Waals surface area contributed by atoms with Crippen LogP contribution in [0, 0.1) is 0 Å². The first-order valence-corrected chi connectivity index (χ1v) is 11.8. The Bertz CT molecular complexity index is 582. The minimum Gasteiger partial charge on any atom is -0.493 e. The van der Waals surface area contributed by atoms with E-state index in [0.29, 0.717) is 6.42 Å². The van der Waals surface area contributed by atoms with Gasteiger partial charge in [0.05, 0.1) is 20.6 Å². The van der Waals surface area contributed by atoms with Gasteiger partial charge in [-0.3, -0.25) is 9.59 Å². The Morgan fingerprint density at radius 1 is 0.806 bits per heavy atom. The molecule has 1 unspecified atom stereocenters. The third-order valence-electron chi connectivity index (χ3n) is 5.45. The number of ether oxygens (including phenoxy) is 4. The highest BCUT2D eigenvalue weighted by atomic mass is 16.6. The van der Waals surface area contributed by atoms with Gasteiger partial charge in [-0.2, -0.15) is 0 Å². The summed E-state index contributed by atoms with van der Waals surface area (Å²) in [5.41, 5.74) is 0. The Balaban J connectivity index is 2.14. The highest BCUT2D eigenvalue weighted by Gasteiger charge is 2.39. The molecule has 1 aliphatic rings. The Hall–Kier alpha value is -2.05. The second-order valence-corrected chi connectivity index (χ2v) is 8.04. The SMILES string of the molecule is CCCCCCCCCCCCCCCC(=O)OC1=C(OC)C(CC(=O)OC)OC1=O. The molecule has 0 N–H and O–H groups in total. The maximum Gasteiger partial charge on any atom is 0.378 e. The average molecular weight is 441 g/mol. The molecule has 0 aromatic heterocycles. The van der Waals surface area contributed by atoms with Crippen molar-refractivity contribution in [2.75, 3.05) is 14.2 Å². The largest absolute Gasteiger partial charge is 0.493 e. The number of esters is 3. The van der Waals surface area contributed by atoms with Gasteiger partial charge in [-0.15, -0.1) is 0 Å². The molecule has 0 saturated carbocycles. The first-order valence-electron chi connectivity index (χ1n) is 11.8. The van der Waals surface area contributed by atoms with E-state index in [9.17, 15) is 14.4 Å². The van der Waals surface area contributed by atoms with Crippen LogP contribution in [0.5, 0.6) is 0 Å². The molecule has 0 spiro atoms. The summed E-state index contributed by atoms with van der Waals surface area (Å²) in [4.78, 5) is 35.5. The predicted octanol–water partition coefficient (Wildman–Crippen LogP) is 5.36. The Morgan fingerprint density at radius 3 is 1.81 bits per heavy atom. The summed E-state index contributed by atoms with van der Waals surface area (Å²) in [7, 11) is 2.58. The third-order valence-corrected chi connectivity index (χ3v) is 5.45. The van der Waals surface area contributed by atoms with Crippen molar-refractivity contribution in [2.45, 2.75) is 109 Å². The molecular weight excluding hydrogens is 400 g/mol. The quantitative estimate of drug-likeness (QED) is 0.161. The Labute approximate surface area is 186 Å². The lowest BCUT2D eigenvalue weighted by Gasteiger charge is -2.10. The fraction of sp³-hybridized carbons (Fsp3) is 0.792. The molecule has 0 saturated heterocycles. The molecule has 1 heterocycles. The van der Waals surface area contributed by atoms with E-state index in [1.807, 2.05) is 0 Å². The predicted molar refractivity (Wildman–Crippen MR) is 117 cm³/mol. The number of rotatable bonds is 18. The van der Waals surface area contributed by atoms with Crippen LogP contribution in [0.3, 0.4) is 0 Å². The number of unbranched alkanes of at least 4 members (excludes halogenated alkanes) is 12. The van der Waals surface area contributed by atoms with Crippen molar-refractivity contribution in [1.29, 1.82) is 0 Å². The van der Waals surface area contributed by atoms with Gasteiger partial charge in [0.1, 0.15) is 0 Å². The number of cyclic esters (lactones) is 1. The molecule has 0 radical (unpaired) electrons. The van der Waals surface area contributed by atoms with Crippen molar-refractivity contribution < 1.29 is 33.3 Å². The molecule has 0 fully saturated rings. The fourth-order valence-electron chi connectivity index (χ4n) is 3.62. The summed E-state index contributed by atoms with van der Waals surface area (Å²) in [5, 5.41) is 0. The van der Waals surface area contributed by atoms with Crippen LogP contribution >= 0.6 is 0 Å². The molecule has 178 valence electrons. The van der Waals surface area contributed by atoms with Crippen molar-refractivity contribution in [3.05, 3.63) is 11.5 Å². The van der Waals surface area contributed by atoms with Crippen LogP contribution in [0.2, 0.25) is 0 Å². The maximum absolute atomic E-state index is 12.1. The number of hydrogen-bond donors (Lipinski definition) is 0. The van der Waals surface area contributed by atoms with Crippen LogP contribution in [-0.2, 0) is 33.3 Å². The van der Waals surface area contributed by atoms with Gasteiger partial charge in [0, 0.05) is 6.42 Å². The molecule has 0 aromatic carbocycles. The lowest BCUT2D eigenvalue weighted by Crippen LogP contribution is -2.18. The zero-order valence-electron chi connectivity index (χ0n) is 19.5. The van der Waals surface area contributed by atoms with E-state index in [1.165, 1.54) is 78.4 Å². The van der Waals surface area contributed by atoms with E-state index in [-0.39, 0.29) is 24.4 Å². The van der Waals surface area contributed by atoms with Gasteiger partial charge in [-0.25, -0.2) is 4.79 Å². The number of carbonyl (C=O) groups excluding carboxylic acids is 3. The topological polar surface area (TPSA) is 88.1 Å². The molecule has 7 nitrogen and oxygen atoms in total. The van der Waals surface area contributed by atoms with E-state index >= 15 is 0 Å². The second kappa shape index (κ2) is 16.6. The Kier molecular flexibility index (Phi) is 14.5. The van der Waals surface area contributed by atoms with Gasteiger partial charge in [-0.05, 0) is 6.42 Å².